The minimum Gasteiger partial charge on any atom is -0.508 e. The summed E-state index contributed by atoms with van der Waals surface area (Å²) in [7, 11) is 0. The molecule has 3 rings (SSSR count). The zero-order valence-corrected chi connectivity index (χ0v) is 10.6. The summed E-state index contributed by atoms with van der Waals surface area (Å²) in [5.74, 6) is -2.55. The van der Waals surface area contributed by atoms with Gasteiger partial charge in [-0.3, -0.25) is 9.59 Å². The summed E-state index contributed by atoms with van der Waals surface area (Å²) in [5, 5.41) is 29.3. The molecule has 0 fully saturated rings. The van der Waals surface area contributed by atoms with E-state index in [0.717, 1.165) is 11.6 Å². The average molecular weight is 272 g/mol. The second-order valence-electron chi connectivity index (χ2n) is 5.03. The van der Waals surface area contributed by atoms with Crippen LogP contribution in [0.25, 0.3) is 0 Å². The van der Waals surface area contributed by atoms with Gasteiger partial charge in [0, 0.05) is 16.7 Å². The van der Waals surface area contributed by atoms with Crippen molar-refractivity contribution >= 4 is 11.6 Å². The normalized spacial score (nSPS) is 29.1. The van der Waals surface area contributed by atoms with Crippen LogP contribution in [-0.2, 0) is 9.59 Å². The second-order valence-corrected chi connectivity index (χ2v) is 5.03. The minimum atomic E-state index is -1.51. The summed E-state index contributed by atoms with van der Waals surface area (Å²) in [6.45, 7) is 1.76. The third-order valence-electron chi connectivity index (χ3n) is 3.64. The van der Waals surface area contributed by atoms with Crippen LogP contribution in [0.3, 0.4) is 0 Å². The molecule has 0 spiro atoms. The number of hydrogen-bond acceptors (Lipinski definition) is 5. The molecule has 102 valence electrons. The lowest BCUT2D eigenvalue weighted by Gasteiger charge is -2.29. The predicted molar refractivity (Wildman–Crippen MR) is 69.8 cm³/mol. The molecule has 3 N–H and O–H groups in total. The van der Waals surface area contributed by atoms with E-state index in [-0.39, 0.29) is 22.7 Å². The number of carbonyl (C=O) groups excluding carboxylic acids is 2. The van der Waals surface area contributed by atoms with Gasteiger partial charge in [0.2, 0.25) is 5.78 Å². The van der Waals surface area contributed by atoms with E-state index in [4.69, 9.17) is 0 Å². The molecule has 5 heteroatoms. The number of Topliss-reactive ketones (excluding diaryl/α,β-unsaturated/α-hetero) is 2. The van der Waals surface area contributed by atoms with Crippen LogP contribution in [0.1, 0.15) is 6.92 Å². The molecule has 0 bridgehead atoms. The summed E-state index contributed by atoms with van der Waals surface area (Å²) < 4.78 is 0. The Labute approximate surface area is 114 Å². The summed E-state index contributed by atoms with van der Waals surface area (Å²) in [5.41, 5.74) is 1.28. The molecule has 2 atom stereocenters. The molecule has 0 aromatic rings. The fraction of sp³-hybridized carbons (Fsp3) is 0.200. The zero-order chi connectivity index (χ0) is 14.6. The van der Waals surface area contributed by atoms with Crippen molar-refractivity contribution in [2.75, 3.05) is 0 Å². The van der Waals surface area contributed by atoms with E-state index in [1.54, 1.807) is 13.0 Å². The van der Waals surface area contributed by atoms with E-state index >= 15 is 0 Å². The molecule has 5 nitrogen and oxygen atoms in total. The van der Waals surface area contributed by atoms with Gasteiger partial charge in [-0.05, 0) is 25.2 Å². The van der Waals surface area contributed by atoms with Crippen molar-refractivity contribution in [2.24, 2.45) is 5.92 Å². The summed E-state index contributed by atoms with van der Waals surface area (Å²) in [4.78, 5) is 24.0. The van der Waals surface area contributed by atoms with Crippen LogP contribution in [0, 0.1) is 5.92 Å². The van der Waals surface area contributed by atoms with E-state index in [2.05, 4.69) is 0 Å². The first kappa shape index (κ1) is 12.6. The van der Waals surface area contributed by atoms with Gasteiger partial charge in [-0.25, -0.2) is 0 Å². The second kappa shape index (κ2) is 4.05. The van der Waals surface area contributed by atoms with E-state index in [1.165, 1.54) is 12.2 Å². The van der Waals surface area contributed by atoms with Crippen LogP contribution < -0.4 is 0 Å². The fourth-order valence-corrected chi connectivity index (χ4v) is 2.65. The monoisotopic (exact) mass is 272 g/mol. The van der Waals surface area contributed by atoms with Crippen LogP contribution >= 0.6 is 0 Å². The van der Waals surface area contributed by atoms with Crippen LogP contribution in [-0.4, -0.2) is 33.0 Å². The first-order valence-corrected chi connectivity index (χ1v) is 6.13. The lowest BCUT2D eigenvalue weighted by Crippen LogP contribution is -2.33. The Hall–Kier alpha value is -2.40. The van der Waals surface area contributed by atoms with Gasteiger partial charge in [-0.2, -0.15) is 0 Å². The van der Waals surface area contributed by atoms with Crippen LogP contribution in [0.15, 0.2) is 58.1 Å². The van der Waals surface area contributed by atoms with Gasteiger partial charge in [0.05, 0.1) is 5.92 Å². The van der Waals surface area contributed by atoms with Crippen molar-refractivity contribution < 1.29 is 24.9 Å². The Morgan fingerprint density at radius 2 is 1.75 bits per heavy atom. The van der Waals surface area contributed by atoms with Gasteiger partial charge in [-0.15, -0.1) is 0 Å². The molecular formula is C15H12O5. The smallest absolute Gasteiger partial charge is 0.230 e. The molecular weight excluding hydrogens is 260 g/mol. The molecule has 0 aliphatic heterocycles. The molecule has 0 saturated heterocycles. The highest BCUT2D eigenvalue weighted by molar-refractivity contribution is 6.13. The number of aliphatic hydroxyl groups is 3. The zero-order valence-electron chi connectivity index (χ0n) is 10.6. The van der Waals surface area contributed by atoms with E-state index in [1.807, 2.05) is 0 Å². The maximum Gasteiger partial charge on any atom is 0.230 e. The standard InChI is InChI=1S/C15H12O5/c1-6-2-8-7(11(16)3-6)4-9-10(13(8)18)5-12(17)15(20)14(9)19/h2-5,8,12,16-17,19H,1H3/t8-,12-/m0/s1. The van der Waals surface area contributed by atoms with Gasteiger partial charge in [0.1, 0.15) is 11.9 Å². The van der Waals surface area contributed by atoms with E-state index < -0.39 is 23.6 Å². The number of aliphatic hydroxyl groups excluding tert-OH is 3. The summed E-state index contributed by atoms with van der Waals surface area (Å²) in [6.07, 6.45) is 4.27. The molecule has 0 saturated carbocycles. The SMILES string of the molecule is CC1=C[C@@H]2C(=O)C3=C[C@H](O)C(=O)C(O)=C3C=C2C(O)=C1. The Kier molecular flexibility index (Phi) is 2.55. The maximum absolute atomic E-state index is 12.4. The molecule has 0 heterocycles. The molecule has 0 radical (unpaired) electrons. The number of fused-ring (bicyclic) bond motifs is 2. The minimum absolute atomic E-state index is 0.0544. The van der Waals surface area contributed by atoms with Crippen LogP contribution in [0.2, 0.25) is 0 Å². The third-order valence-corrected chi connectivity index (χ3v) is 3.64. The number of carbonyl (C=O) groups is 2. The summed E-state index contributed by atoms with van der Waals surface area (Å²) in [6, 6.07) is 0. The lowest BCUT2D eigenvalue weighted by molar-refractivity contribution is -0.124. The Morgan fingerprint density at radius 3 is 2.45 bits per heavy atom. The largest absolute Gasteiger partial charge is 0.508 e. The van der Waals surface area contributed by atoms with Crippen molar-refractivity contribution in [1.29, 1.82) is 0 Å². The van der Waals surface area contributed by atoms with Gasteiger partial charge < -0.3 is 15.3 Å². The Morgan fingerprint density at radius 1 is 1.05 bits per heavy atom. The van der Waals surface area contributed by atoms with Crippen LogP contribution in [0.5, 0.6) is 0 Å². The highest BCUT2D eigenvalue weighted by Crippen LogP contribution is 2.39. The van der Waals surface area contributed by atoms with E-state index in [0.29, 0.717) is 5.57 Å². The van der Waals surface area contributed by atoms with Crippen molar-refractivity contribution in [1.82, 2.24) is 0 Å². The lowest BCUT2D eigenvalue weighted by atomic mass is 9.74. The summed E-state index contributed by atoms with van der Waals surface area (Å²) >= 11 is 0. The number of rotatable bonds is 0. The van der Waals surface area contributed by atoms with Crippen molar-refractivity contribution in [2.45, 2.75) is 13.0 Å². The average Bonchev–Trinajstić information content (AvgIpc) is 2.39. The molecule has 0 aromatic carbocycles. The number of allylic oxidation sites excluding steroid dienone is 7. The Balaban J connectivity index is 2.24. The van der Waals surface area contributed by atoms with Crippen LogP contribution in [0.4, 0.5) is 0 Å². The van der Waals surface area contributed by atoms with Gasteiger partial charge in [0.25, 0.3) is 0 Å². The van der Waals surface area contributed by atoms with Crippen molar-refractivity contribution in [3.8, 4) is 0 Å². The highest BCUT2D eigenvalue weighted by atomic mass is 16.3. The van der Waals surface area contributed by atoms with Gasteiger partial charge >= 0.3 is 0 Å². The first-order valence-electron chi connectivity index (χ1n) is 6.13. The van der Waals surface area contributed by atoms with Gasteiger partial charge in [-0.1, -0.05) is 11.6 Å². The molecule has 0 amide bonds. The number of ketones is 2. The first-order chi connectivity index (χ1) is 9.40. The van der Waals surface area contributed by atoms with Gasteiger partial charge in [0.15, 0.2) is 11.5 Å². The van der Waals surface area contributed by atoms with Crippen molar-refractivity contribution in [3.05, 3.63) is 58.1 Å². The molecule has 0 unspecified atom stereocenters. The number of hydrogen-bond donors (Lipinski definition) is 3. The molecule has 0 aromatic heterocycles. The van der Waals surface area contributed by atoms with Crippen molar-refractivity contribution in [3.63, 3.8) is 0 Å². The Bertz CT molecular complexity index is 700. The topological polar surface area (TPSA) is 94.8 Å². The van der Waals surface area contributed by atoms with E-state index in [9.17, 15) is 24.9 Å². The predicted octanol–water partition coefficient (Wildman–Crippen LogP) is 1.20. The fourth-order valence-electron chi connectivity index (χ4n) is 2.65. The quantitative estimate of drug-likeness (QED) is 0.616. The highest BCUT2D eigenvalue weighted by Gasteiger charge is 2.39. The molecule has 3 aliphatic rings. The third kappa shape index (κ3) is 1.60. The maximum atomic E-state index is 12.4. The molecule has 3 aliphatic carbocycles. The molecule has 20 heavy (non-hydrogen) atoms.